The van der Waals surface area contributed by atoms with Gasteiger partial charge in [0.1, 0.15) is 5.76 Å². The third kappa shape index (κ3) is 2.76. The number of hydrogen-bond donors (Lipinski definition) is 0. The maximum Gasteiger partial charge on any atom is 0.471 e. The Labute approximate surface area is 133 Å². The SMILES string of the molecule is O=C(c1cc(C2CC2)on1)N1CC[C@@H](c2noc(C(F)(F)F)n2)C1. The molecule has 0 spiro atoms. The van der Waals surface area contributed by atoms with Crippen molar-refractivity contribution < 1.29 is 27.0 Å². The molecular formula is C14H13F3N4O3. The van der Waals surface area contributed by atoms with Gasteiger partial charge in [-0.05, 0) is 19.3 Å². The largest absolute Gasteiger partial charge is 0.471 e. The van der Waals surface area contributed by atoms with Crippen LogP contribution >= 0.6 is 0 Å². The summed E-state index contributed by atoms with van der Waals surface area (Å²) in [4.78, 5) is 17.3. The van der Waals surface area contributed by atoms with Crippen LogP contribution in [0.15, 0.2) is 15.1 Å². The summed E-state index contributed by atoms with van der Waals surface area (Å²) >= 11 is 0. The molecule has 1 saturated heterocycles. The zero-order chi connectivity index (χ0) is 16.9. The van der Waals surface area contributed by atoms with Crippen LogP contribution in [-0.4, -0.2) is 39.2 Å². The van der Waals surface area contributed by atoms with Gasteiger partial charge < -0.3 is 13.9 Å². The lowest BCUT2D eigenvalue weighted by molar-refractivity contribution is -0.159. The smallest absolute Gasteiger partial charge is 0.360 e. The van der Waals surface area contributed by atoms with Crippen molar-refractivity contribution in [1.29, 1.82) is 0 Å². The van der Waals surface area contributed by atoms with Gasteiger partial charge in [-0.15, -0.1) is 0 Å². The minimum Gasteiger partial charge on any atom is -0.360 e. The molecule has 2 fully saturated rings. The molecule has 1 aliphatic heterocycles. The van der Waals surface area contributed by atoms with Crippen molar-refractivity contribution in [2.45, 2.75) is 37.3 Å². The van der Waals surface area contributed by atoms with Crippen LogP contribution in [-0.2, 0) is 6.18 Å². The molecule has 10 heteroatoms. The van der Waals surface area contributed by atoms with E-state index in [-0.39, 0.29) is 29.9 Å². The Morgan fingerprint density at radius 1 is 1.17 bits per heavy atom. The highest BCUT2D eigenvalue weighted by Crippen LogP contribution is 2.40. The lowest BCUT2D eigenvalue weighted by Gasteiger charge is -2.13. The zero-order valence-electron chi connectivity index (χ0n) is 12.4. The van der Waals surface area contributed by atoms with Crippen molar-refractivity contribution in [3.63, 3.8) is 0 Å². The molecule has 2 aromatic rings. The summed E-state index contributed by atoms with van der Waals surface area (Å²) in [5, 5.41) is 7.18. The van der Waals surface area contributed by atoms with E-state index in [0.29, 0.717) is 24.6 Å². The summed E-state index contributed by atoms with van der Waals surface area (Å²) in [6.45, 7) is 0.617. The van der Waals surface area contributed by atoms with Gasteiger partial charge in [-0.2, -0.15) is 18.2 Å². The summed E-state index contributed by atoms with van der Waals surface area (Å²) in [7, 11) is 0. The Hall–Kier alpha value is -2.39. The van der Waals surface area contributed by atoms with Crippen molar-refractivity contribution >= 4 is 5.91 Å². The number of rotatable bonds is 3. The van der Waals surface area contributed by atoms with Crippen LogP contribution in [0.2, 0.25) is 0 Å². The fourth-order valence-electron chi connectivity index (χ4n) is 2.78. The summed E-state index contributed by atoms with van der Waals surface area (Å²) in [5.41, 5.74) is 0.224. The fraction of sp³-hybridized carbons (Fsp3) is 0.571. The molecule has 3 heterocycles. The molecule has 0 N–H and O–H groups in total. The van der Waals surface area contributed by atoms with Gasteiger partial charge in [-0.3, -0.25) is 4.79 Å². The quantitative estimate of drug-likeness (QED) is 0.852. The Morgan fingerprint density at radius 2 is 1.96 bits per heavy atom. The van der Waals surface area contributed by atoms with E-state index in [4.69, 9.17) is 4.52 Å². The molecule has 0 unspecified atom stereocenters. The normalized spacial score (nSPS) is 21.5. The molecule has 0 bridgehead atoms. The van der Waals surface area contributed by atoms with E-state index in [9.17, 15) is 18.0 Å². The number of likely N-dealkylation sites (tertiary alicyclic amines) is 1. The van der Waals surface area contributed by atoms with Gasteiger partial charge in [0.15, 0.2) is 11.5 Å². The van der Waals surface area contributed by atoms with E-state index < -0.39 is 12.1 Å². The second kappa shape index (κ2) is 5.32. The van der Waals surface area contributed by atoms with E-state index >= 15 is 0 Å². The molecule has 2 aromatic heterocycles. The second-order valence-electron chi connectivity index (χ2n) is 6.08. The third-order valence-electron chi connectivity index (χ3n) is 4.25. The number of aromatic nitrogens is 3. The van der Waals surface area contributed by atoms with E-state index in [1.54, 1.807) is 6.07 Å². The number of carbonyl (C=O) groups excluding carboxylic acids is 1. The maximum absolute atomic E-state index is 12.5. The van der Waals surface area contributed by atoms with E-state index in [0.717, 1.165) is 12.8 Å². The minimum absolute atomic E-state index is 0.0311. The molecule has 1 aliphatic carbocycles. The predicted molar refractivity (Wildman–Crippen MR) is 71.0 cm³/mol. The maximum atomic E-state index is 12.5. The lowest BCUT2D eigenvalue weighted by Crippen LogP contribution is -2.28. The van der Waals surface area contributed by atoms with Crippen LogP contribution in [0.3, 0.4) is 0 Å². The number of alkyl halides is 3. The van der Waals surface area contributed by atoms with Gasteiger partial charge in [0.05, 0.1) is 0 Å². The Bertz CT molecular complexity index is 765. The highest BCUT2D eigenvalue weighted by Gasteiger charge is 2.40. The van der Waals surface area contributed by atoms with Crippen LogP contribution in [0.5, 0.6) is 0 Å². The lowest BCUT2D eigenvalue weighted by atomic mass is 10.1. The number of nitrogens with zero attached hydrogens (tertiary/aromatic N) is 4. The van der Waals surface area contributed by atoms with Crippen molar-refractivity contribution in [1.82, 2.24) is 20.2 Å². The second-order valence-corrected chi connectivity index (χ2v) is 6.08. The molecule has 0 aromatic carbocycles. The molecule has 1 saturated carbocycles. The van der Waals surface area contributed by atoms with Crippen LogP contribution in [0, 0.1) is 0 Å². The minimum atomic E-state index is -4.67. The predicted octanol–water partition coefficient (Wildman–Crippen LogP) is 2.58. The topological polar surface area (TPSA) is 85.3 Å². The van der Waals surface area contributed by atoms with Crippen molar-refractivity contribution in [3.8, 4) is 0 Å². The van der Waals surface area contributed by atoms with E-state index in [1.807, 2.05) is 0 Å². The van der Waals surface area contributed by atoms with Gasteiger partial charge in [0.2, 0.25) is 0 Å². The van der Waals surface area contributed by atoms with E-state index in [2.05, 4.69) is 19.8 Å². The summed E-state index contributed by atoms with van der Waals surface area (Å²) in [6, 6.07) is 1.64. The zero-order valence-corrected chi connectivity index (χ0v) is 12.4. The average molecular weight is 342 g/mol. The molecule has 0 radical (unpaired) electrons. The first kappa shape index (κ1) is 15.2. The van der Waals surface area contributed by atoms with Gasteiger partial charge in [0, 0.05) is 31.0 Å². The molecule has 24 heavy (non-hydrogen) atoms. The van der Waals surface area contributed by atoms with E-state index in [1.165, 1.54) is 4.90 Å². The molecule has 2 aliphatic rings. The van der Waals surface area contributed by atoms with Crippen LogP contribution < -0.4 is 0 Å². The molecule has 1 amide bonds. The van der Waals surface area contributed by atoms with Gasteiger partial charge in [-0.25, -0.2) is 0 Å². The van der Waals surface area contributed by atoms with Crippen LogP contribution in [0.4, 0.5) is 13.2 Å². The first-order chi connectivity index (χ1) is 11.4. The van der Waals surface area contributed by atoms with Gasteiger partial charge >= 0.3 is 12.1 Å². The number of amides is 1. The monoisotopic (exact) mass is 342 g/mol. The standard InChI is InChI=1S/C14H13F3N4O3/c15-14(16,17)13-18-11(20-24-13)8-3-4-21(6-8)12(22)9-5-10(23-19-9)7-1-2-7/h5,7-8H,1-4,6H2/t8-/m1/s1. The summed E-state index contributed by atoms with van der Waals surface area (Å²) in [6.07, 6.45) is -2.13. The molecule has 7 nitrogen and oxygen atoms in total. The van der Waals surface area contributed by atoms with Crippen molar-refractivity contribution in [2.24, 2.45) is 0 Å². The van der Waals surface area contributed by atoms with Crippen molar-refractivity contribution in [3.05, 3.63) is 29.2 Å². The van der Waals surface area contributed by atoms with Crippen molar-refractivity contribution in [2.75, 3.05) is 13.1 Å². The molecule has 1 atom stereocenters. The third-order valence-corrected chi connectivity index (χ3v) is 4.25. The first-order valence-electron chi connectivity index (χ1n) is 7.58. The molecular weight excluding hydrogens is 329 g/mol. The summed E-state index contributed by atoms with van der Waals surface area (Å²) in [5.74, 6) is -1.02. The number of halogens is 3. The van der Waals surface area contributed by atoms with Crippen LogP contribution in [0.25, 0.3) is 0 Å². The molecule has 4 rings (SSSR count). The highest BCUT2D eigenvalue weighted by molar-refractivity contribution is 5.92. The highest BCUT2D eigenvalue weighted by atomic mass is 19.4. The average Bonchev–Trinajstić information content (AvgIpc) is 3.02. The number of hydrogen-bond acceptors (Lipinski definition) is 6. The first-order valence-corrected chi connectivity index (χ1v) is 7.58. The summed E-state index contributed by atoms with van der Waals surface area (Å²) < 4.78 is 46.9. The Balaban J connectivity index is 1.43. The number of carbonyl (C=O) groups is 1. The Morgan fingerprint density at radius 3 is 2.62 bits per heavy atom. The Kier molecular flexibility index (Phi) is 3.36. The van der Waals surface area contributed by atoms with Gasteiger partial charge in [-0.1, -0.05) is 10.3 Å². The van der Waals surface area contributed by atoms with Crippen LogP contribution in [0.1, 0.15) is 59.1 Å². The fourth-order valence-corrected chi connectivity index (χ4v) is 2.78. The van der Waals surface area contributed by atoms with Gasteiger partial charge in [0.25, 0.3) is 5.91 Å². The molecule has 128 valence electrons.